The topological polar surface area (TPSA) is 15.7 Å². The lowest BCUT2D eigenvalue weighted by Crippen LogP contribution is -2.47. The number of rotatable bonds is 26. The summed E-state index contributed by atoms with van der Waals surface area (Å²) >= 11 is 0. The fraction of sp³-hybridized carbons (Fsp3) is 1.00. The molecule has 35 heavy (non-hydrogen) atoms. The van der Waals surface area contributed by atoms with Crippen LogP contribution in [0.2, 0.25) is 0 Å². The van der Waals surface area contributed by atoms with Gasteiger partial charge in [0.25, 0.3) is 0 Å². The summed E-state index contributed by atoms with van der Waals surface area (Å²) < 4.78 is 6.96. The van der Waals surface area contributed by atoms with Gasteiger partial charge in [0, 0.05) is 12.1 Å². The minimum Gasteiger partial charge on any atom is -0.372 e. The molecule has 0 rings (SSSR count). The number of likely N-dealkylation sites (N-methyl/N-ethyl adjacent to an activating group) is 2. The Morgan fingerprint density at radius 1 is 0.429 bits per heavy atom. The number of hydrogen-bond acceptors (Lipinski definition) is 3. The van der Waals surface area contributed by atoms with E-state index in [0.29, 0.717) is 24.3 Å². The summed E-state index contributed by atoms with van der Waals surface area (Å²) in [6.45, 7) is 9.25. The zero-order valence-electron chi connectivity index (χ0n) is 25.8. The monoisotopic (exact) mass is 497 g/mol. The van der Waals surface area contributed by atoms with E-state index in [2.05, 4.69) is 65.7 Å². The van der Waals surface area contributed by atoms with E-state index < -0.39 is 0 Å². The lowest BCUT2D eigenvalue weighted by Gasteiger charge is -2.38. The Hall–Kier alpha value is -0.120. The van der Waals surface area contributed by atoms with E-state index >= 15 is 0 Å². The average Bonchev–Trinajstić information content (AvgIpc) is 2.83. The average molecular weight is 497 g/mol. The highest BCUT2D eigenvalue weighted by Crippen LogP contribution is 2.24. The first-order valence-corrected chi connectivity index (χ1v) is 15.9. The van der Waals surface area contributed by atoms with Gasteiger partial charge in [-0.25, -0.2) is 0 Å². The molecule has 0 saturated carbocycles. The van der Waals surface area contributed by atoms with Crippen molar-refractivity contribution in [2.75, 3.05) is 28.2 Å². The van der Waals surface area contributed by atoms with Crippen molar-refractivity contribution in [1.29, 1.82) is 0 Å². The zero-order valence-corrected chi connectivity index (χ0v) is 25.8. The van der Waals surface area contributed by atoms with Crippen LogP contribution in [0.15, 0.2) is 0 Å². The fourth-order valence-electron chi connectivity index (χ4n) is 5.67. The molecule has 0 radical (unpaired) electrons. The highest BCUT2D eigenvalue weighted by atomic mass is 16.5. The van der Waals surface area contributed by atoms with Crippen molar-refractivity contribution >= 4 is 0 Å². The quantitative estimate of drug-likeness (QED) is 0.111. The molecular formula is C32H68N2O. The maximum Gasteiger partial charge on any atom is 0.0731 e. The molecule has 0 aromatic carbocycles. The maximum atomic E-state index is 6.96. The molecule has 0 amide bonds. The molecule has 0 saturated heterocycles. The second kappa shape index (κ2) is 24.2. The van der Waals surface area contributed by atoms with Gasteiger partial charge < -0.3 is 14.5 Å². The van der Waals surface area contributed by atoms with Crippen LogP contribution in [0, 0.1) is 0 Å². The Balaban J connectivity index is 4.62. The summed E-state index contributed by atoms with van der Waals surface area (Å²) in [6, 6.07) is 1.06. The maximum absolute atomic E-state index is 6.96. The molecule has 0 aliphatic heterocycles. The predicted molar refractivity (Wildman–Crippen MR) is 159 cm³/mol. The Labute approximate surface area is 223 Å². The molecule has 0 fully saturated rings. The van der Waals surface area contributed by atoms with Crippen LogP contribution in [0.1, 0.15) is 156 Å². The Morgan fingerprint density at radius 2 is 0.714 bits per heavy atom. The van der Waals surface area contributed by atoms with Crippen LogP contribution in [-0.2, 0) is 4.74 Å². The highest BCUT2D eigenvalue weighted by Gasteiger charge is 2.29. The Bertz CT molecular complexity index is 388. The van der Waals surface area contributed by atoms with E-state index in [1.807, 2.05) is 0 Å². The van der Waals surface area contributed by atoms with Gasteiger partial charge in [-0.1, -0.05) is 130 Å². The molecule has 0 heterocycles. The molecule has 4 atom stereocenters. The minimum atomic E-state index is 0.334. The predicted octanol–water partition coefficient (Wildman–Crippen LogP) is 9.48. The van der Waals surface area contributed by atoms with Crippen molar-refractivity contribution in [2.45, 2.75) is 180 Å². The third-order valence-corrected chi connectivity index (χ3v) is 8.05. The molecule has 0 spiro atoms. The molecular weight excluding hydrogens is 428 g/mol. The first kappa shape index (κ1) is 34.9. The van der Waals surface area contributed by atoms with Gasteiger partial charge in [0.15, 0.2) is 0 Å². The van der Waals surface area contributed by atoms with E-state index in [1.165, 1.54) is 116 Å². The van der Waals surface area contributed by atoms with Gasteiger partial charge in [-0.05, 0) is 53.9 Å². The third kappa shape index (κ3) is 17.9. The van der Waals surface area contributed by atoms with Gasteiger partial charge in [-0.15, -0.1) is 0 Å². The van der Waals surface area contributed by atoms with Crippen LogP contribution >= 0.6 is 0 Å². The molecule has 3 heteroatoms. The standard InChI is InChI=1S/C32H68N2O/c1-9-13-15-17-19-21-23-25-27-29(33(5)6)31(11-3)35-32(12-4)30(34(7)8)28-26-24-22-20-18-16-14-10-2/h29-32H,9-28H2,1-8H3. The molecule has 0 aliphatic rings. The summed E-state index contributed by atoms with van der Waals surface area (Å²) in [7, 11) is 9.03. The van der Waals surface area contributed by atoms with Gasteiger partial charge in [-0.3, -0.25) is 0 Å². The number of ether oxygens (including phenoxy) is 1. The van der Waals surface area contributed by atoms with E-state index in [0.717, 1.165) is 12.8 Å². The molecule has 0 N–H and O–H groups in total. The second-order valence-electron chi connectivity index (χ2n) is 11.6. The number of nitrogens with zero attached hydrogens (tertiary/aromatic N) is 2. The molecule has 4 unspecified atom stereocenters. The number of hydrogen-bond donors (Lipinski definition) is 0. The largest absolute Gasteiger partial charge is 0.372 e. The summed E-state index contributed by atoms with van der Waals surface area (Å²) in [6.07, 6.45) is 27.7. The number of unbranched alkanes of at least 4 members (excludes halogenated alkanes) is 14. The van der Waals surface area contributed by atoms with E-state index in [4.69, 9.17) is 4.74 Å². The van der Waals surface area contributed by atoms with Crippen molar-refractivity contribution in [2.24, 2.45) is 0 Å². The van der Waals surface area contributed by atoms with E-state index in [9.17, 15) is 0 Å². The van der Waals surface area contributed by atoms with Crippen LogP contribution in [0.3, 0.4) is 0 Å². The molecule has 0 aromatic heterocycles. The van der Waals surface area contributed by atoms with Crippen molar-refractivity contribution in [1.82, 2.24) is 9.80 Å². The zero-order chi connectivity index (χ0) is 26.3. The van der Waals surface area contributed by atoms with E-state index in [1.54, 1.807) is 0 Å². The van der Waals surface area contributed by atoms with Gasteiger partial charge in [-0.2, -0.15) is 0 Å². The van der Waals surface area contributed by atoms with E-state index in [-0.39, 0.29) is 0 Å². The normalized spacial score (nSPS) is 15.6. The van der Waals surface area contributed by atoms with Crippen LogP contribution in [0.25, 0.3) is 0 Å². The smallest absolute Gasteiger partial charge is 0.0731 e. The summed E-state index contributed by atoms with van der Waals surface area (Å²) in [4.78, 5) is 4.87. The summed E-state index contributed by atoms with van der Waals surface area (Å²) in [5, 5.41) is 0. The van der Waals surface area contributed by atoms with Crippen molar-refractivity contribution < 1.29 is 4.74 Å². The van der Waals surface area contributed by atoms with Gasteiger partial charge in [0.05, 0.1) is 12.2 Å². The third-order valence-electron chi connectivity index (χ3n) is 8.05. The first-order valence-electron chi connectivity index (χ1n) is 15.9. The van der Waals surface area contributed by atoms with Crippen molar-refractivity contribution in [3.8, 4) is 0 Å². The molecule has 3 nitrogen and oxygen atoms in total. The van der Waals surface area contributed by atoms with Crippen LogP contribution < -0.4 is 0 Å². The van der Waals surface area contributed by atoms with Crippen molar-refractivity contribution in [3.05, 3.63) is 0 Å². The lowest BCUT2D eigenvalue weighted by molar-refractivity contribution is -0.0850. The van der Waals surface area contributed by atoms with Gasteiger partial charge in [0.2, 0.25) is 0 Å². The lowest BCUT2D eigenvalue weighted by atomic mass is 9.96. The van der Waals surface area contributed by atoms with Crippen LogP contribution in [0.4, 0.5) is 0 Å². The minimum absolute atomic E-state index is 0.334. The first-order chi connectivity index (χ1) is 16.9. The van der Waals surface area contributed by atoms with Crippen LogP contribution in [0.5, 0.6) is 0 Å². The summed E-state index contributed by atoms with van der Waals surface area (Å²) in [5.74, 6) is 0. The highest BCUT2D eigenvalue weighted by molar-refractivity contribution is 4.82. The SMILES string of the molecule is CCCCCCCCCCC(C(CC)OC(CC)C(CCCCCCCCCC)N(C)C)N(C)C. The van der Waals surface area contributed by atoms with Crippen LogP contribution in [-0.4, -0.2) is 62.3 Å². The van der Waals surface area contributed by atoms with Gasteiger partial charge in [0.1, 0.15) is 0 Å². The summed E-state index contributed by atoms with van der Waals surface area (Å²) in [5.41, 5.74) is 0. The molecule has 0 aliphatic carbocycles. The molecule has 0 aromatic rings. The Kier molecular flexibility index (Phi) is 24.1. The Morgan fingerprint density at radius 3 is 0.971 bits per heavy atom. The molecule has 0 bridgehead atoms. The second-order valence-corrected chi connectivity index (χ2v) is 11.6. The van der Waals surface area contributed by atoms with Gasteiger partial charge >= 0.3 is 0 Å². The van der Waals surface area contributed by atoms with Crippen molar-refractivity contribution in [3.63, 3.8) is 0 Å². The fourth-order valence-corrected chi connectivity index (χ4v) is 5.67. The molecule has 212 valence electrons.